The van der Waals surface area contributed by atoms with Crippen molar-refractivity contribution in [1.29, 1.82) is 0 Å². The molecule has 5 nitrogen and oxygen atoms in total. The van der Waals surface area contributed by atoms with Crippen molar-refractivity contribution in [3.05, 3.63) is 17.5 Å². The molecule has 0 saturated heterocycles. The first-order valence-corrected chi connectivity index (χ1v) is 8.04. The van der Waals surface area contributed by atoms with Crippen LogP contribution in [0, 0.1) is 6.92 Å². The van der Waals surface area contributed by atoms with Gasteiger partial charge >= 0.3 is 0 Å². The lowest BCUT2D eigenvalue weighted by atomic mass is 10.1. The lowest BCUT2D eigenvalue weighted by molar-refractivity contribution is 0.498. The molecule has 0 spiro atoms. The van der Waals surface area contributed by atoms with Crippen LogP contribution >= 0.6 is 0 Å². The Morgan fingerprint density at radius 2 is 2.06 bits per heavy atom. The normalized spacial score (nSPS) is 15.6. The van der Waals surface area contributed by atoms with Gasteiger partial charge in [-0.3, -0.25) is 4.68 Å². The molecule has 1 aromatic heterocycles. The predicted octanol–water partition coefficient (Wildman–Crippen LogP) is 1.20. The summed E-state index contributed by atoms with van der Waals surface area (Å²) in [5, 5.41) is 7.50. The Balaban J connectivity index is 2.65. The van der Waals surface area contributed by atoms with E-state index in [4.69, 9.17) is 0 Å². The van der Waals surface area contributed by atoms with Crippen molar-refractivity contribution in [2.45, 2.75) is 39.8 Å². The molecule has 0 amide bonds. The average molecular weight is 273 g/mol. The van der Waals surface area contributed by atoms with Gasteiger partial charge in [-0.05, 0) is 20.8 Å². The molecule has 6 heteroatoms. The maximum absolute atomic E-state index is 11.5. The van der Waals surface area contributed by atoms with E-state index in [9.17, 15) is 8.42 Å². The summed E-state index contributed by atoms with van der Waals surface area (Å²) in [7, 11) is -1.04. The molecule has 1 N–H and O–H groups in total. The molecule has 0 saturated carbocycles. The van der Waals surface area contributed by atoms with Crippen LogP contribution in [0.2, 0.25) is 0 Å². The quantitative estimate of drug-likeness (QED) is 0.846. The van der Waals surface area contributed by atoms with Crippen molar-refractivity contribution in [2.75, 3.05) is 11.5 Å². The van der Waals surface area contributed by atoms with Gasteiger partial charge in [-0.25, -0.2) is 8.42 Å². The fourth-order valence-electron chi connectivity index (χ4n) is 2.00. The van der Waals surface area contributed by atoms with Crippen LogP contribution in [0.15, 0.2) is 6.20 Å². The van der Waals surface area contributed by atoms with Crippen LogP contribution in [0.3, 0.4) is 0 Å². The molecule has 0 aliphatic rings. The van der Waals surface area contributed by atoms with Crippen LogP contribution in [0.5, 0.6) is 0 Å². The van der Waals surface area contributed by atoms with Gasteiger partial charge in [0.2, 0.25) is 0 Å². The van der Waals surface area contributed by atoms with Gasteiger partial charge in [0.05, 0.1) is 11.9 Å². The number of aromatic nitrogens is 2. The summed E-state index contributed by atoms with van der Waals surface area (Å²) in [5.41, 5.74) is 2.21. The summed E-state index contributed by atoms with van der Waals surface area (Å²) in [6.45, 7) is 7.61. The molecule has 1 heterocycles. The molecule has 1 aromatic rings. The minimum Gasteiger partial charge on any atom is -0.307 e. The van der Waals surface area contributed by atoms with E-state index in [1.807, 2.05) is 38.7 Å². The Morgan fingerprint density at radius 3 is 2.50 bits per heavy atom. The van der Waals surface area contributed by atoms with E-state index in [2.05, 4.69) is 10.4 Å². The van der Waals surface area contributed by atoms with Crippen LogP contribution in [0.1, 0.15) is 38.1 Å². The third-order valence-electron chi connectivity index (χ3n) is 3.22. The first kappa shape index (κ1) is 15.2. The van der Waals surface area contributed by atoms with Crippen molar-refractivity contribution in [3.63, 3.8) is 0 Å². The van der Waals surface area contributed by atoms with Crippen molar-refractivity contribution in [2.24, 2.45) is 7.05 Å². The zero-order valence-corrected chi connectivity index (χ0v) is 12.6. The van der Waals surface area contributed by atoms with Crippen LogP contribution in [-0.2, 0) is 16.9 Å². The molecule has 0 fully saturated rings. The maximum Gasteiger partial charge on any atom is 0.151 e. The van der Waals surface area contributed by atoms with Gasteiger partial charge in [0.25, 0.3) is 0 Å². The zero-order chi connectivity index (χ0) is 13.9. The van der Waals surface area contributed by atoms with Crippen LogP contribution in [0.4, 0.5) is 0 Å². The van der Waals surface area contributed by atoms with E-state index in [1.54, 1.807) is 6.92 Å². The number of hydrogen-bond donors (Lipinski definition) is 1. The third kappa shape index (κ3) is 3.81. The highest BCUT2D eigenvalue weighted by molar-refractivity contribution is 7.91. The second-order valence-electron chi connectivity index (χ2n) is 4.80. The Hall–Kier alpha value is -0.880. The molecule has 2 atom stereocenters. The van der Waals surface area contributed by atoms with E-state index in [1.165, 1.54) is 0 Å². The highest BCUT2D eigenvalue weighted by Gasteiger charge is 2.18. The van der Waals surface area contributed by atoms with E-state index >= 15 is 0 Å². The molecule has 0 radical (unpaired) electrons. The standard InChI is InChI=1S/C12H23N3O2S/c1-6-18(16,17)8-9(2)14-10(3)12-7-13-15(5)11(12)4/h7,9-10,14H,6,8H2,1-5H3. The summed E-state index contributed by atoms with van der Waals surface area (Å²) in [5.74, 6) is 0.368. The largest absolute Gasteiger partial charge is 0.307 e. The molecule has 0 aromatic carbocycles. The summed E-state index contributed by atoms with van der Waals surface area (Å²) in [6, 6.07) is 0.0327. The molecule has 0 aliphatic heterocycles. The fourth-order valence-corrected chi connectivity index (χ4v) is 3.10. The van der Waals surface area contributed by atoms with Crippen LogP contribution in [-0.4, -0.2) is 35.7 Å². The van der Waals surface area contributed by atoms with Gasteiger partial charge in [0, 0.05) is 36.1 Å². The number of sulfone groups is 1. The minimum atomic E-state index is -2.93. The van der Waals surface area contributed by atoms with Crippen molar-refractivity contribution < 1.29 is 8.42 Å². The zero-order valence-electron chi connectivity index (χ0n) is 11.8. The lowest BCUT2D eigenvalue weighted by Crippen LogP contribution is -2.35. The van der Waals surface area contributed by atoms with Crippen LogP contribution < -0.4 is 5.32 Å². The Morgan fingerprint density at radius 1 is 1.44 bits per heavy atom. The number of nitrogens with one attached hydrogen (secondary N) is 1. The number of aryl methyl sites for hydroxylation is 1. The summed E-state index contributed by atoms with van der Waals surface area (Å²) in [6.07, 6.45) is 1.83. The number of rotatable bonds is 6. The van der Waals surface area contributed by atoms with Crippen LogP contribution in [0.25, 0.3) is 0 Å². The molecule has 0 bridgehead atoms. The lowest BCUT2D eigenvalue weighted by Gasteiger charge is -2.19. The van der Waals surface area contributed by atoms with Gasteiger partial charge in [0.1, 0.15) is 0 Å². The van der Waals surface area contributed by atoms with E-state index < -0.39 is 9.84 Å². The smallest absolute Gasteiger partial charge is 0.151 e. The van der Waals surface area contributed by atoms with Crippen molar-refractivity contribution >= 4 is 9.84 Å². The van der Waals surface area contributed by atoms with Crippen molar-refractivity contribution in [1.82, 2.24) is 15.1 Å². The van der Waals surface area contributed by atoms with E-state index in [-0.39, 0.29) is 23.6 Å². The van der Waals surface area contributed by atoms with Gasteiger partial charge in [-0.15, -0.1) is 0 Å². The highest BCUT2D eigenvalue weighted by Crippen LogP contribution is 2.16. The van der Waals surface area contributed by atoms with E-state index in [0.717, 1.165) is 11.3 Å². The average Bonchev–Trinajstić information content (AvgIpc) is 2.59. The molecule has 0 aliphatic carbocycles. The third-order valence-corrected chi connectivity index (χ3v) is 5.11. The first-order valence-electron chi connectivity index (χ1n) is 6.21. The minimum absolute atomic E-state index is 0.0652. The van der Waals surface area contributed by atoms with Gasteiger partial charge < -0.3 is 5.32 Å². The number of nitrogens with zero attached hydrogens (tertiary/aromatic N) is 2. The molecule has 2 unspecified atom stereocenters. The second kappa shape index (κ2) is 5.84. The van der Waals surface area contributed by atoms with Crippen molar-refractivity contribution in [3.8, 4) is 0 Å². The summed E-state index contributed by atoms with van der Waals surface area (Å²) < 4.78 is 24.9. The Kier molecular flexibility index (Phi) is 4.92. The highest BCUT2D eigenvalue weighted by atomic mass is 32.2. The Labute approximate surface area is 109 Å². The predicted molar refractivity (Wildman–Crippen MR) is 73.3 cm³/mol. The number of hydrogen-bond acceptors (Lipinski definition) is 4. The summed E-state index contributed by atoms with van der Waals surface area (Å²) >= 11 is 0. The first-order chi connectivity index (χ1) is 8.26. The molecular weight excluding hydrogens is 250 g/mol. The molecule has 104 valence electrons. The van der Waals surface area contributed by atoms with Gasteiger partial charge in [-0.1, -0.05) is 6.92 Å². The molecule has 18 heavy (non-hydrogen) atoms. The molecule has 1 rings (SSSR count). The van der Waals surface area contributed by atoms with E-state index in [0.29, 0.717) is 0 Å². The second-order valence-corrected chi connectivity index (χ2v) is 7.20. The van der Waals surface area contributed by atoms with Gasteiger partial charge in [0.15, 0.2) is 9.84 Å². The fraction of sp³-hybridized carbons (Fsp3) is 0.750. The maximum atomic E-state index is 11.5. The SMILES string of the molecule is CCS(=O)(=O)CC(C)NC(C)c1cnn(C)c1C. The van der Waals surface area contributed by atoms with Gasteiger partial charge in [-0.2, -0.15) is 5.10 Å². The molecular formula is C12H23N3O2S. The Bertz CT molecular complexity index is 493. The topological polar surface area (TPSA) is 64.0 Å². The monoisotopic (exact) mass is 273 g/mol. The summed E-state index contributed by atoms with van der Waals surface area (Å²) in [4.78, 5) is 0.